The van der Waals surface area contributed by atoms with Crippen LogP contribution in [0, 0.1) is 9.39 Å². The Balaban J connectivity index is 2.53. The standard InChI is InChI=1S/C11H7FIN/c12-11-6-9(13)3-4-10(11)8-2-1-5-14-7-8/h1-7H. The van der Waals surface area contributed by atoms with Gasteiger partial charge in [-0.1, -0.05) is 12.1 Å². The van der Waals surface area contributed by atoms with Gasteiger partial charge in [-0.25, -0.2) is 4.39 Å². The van der Waals surface area contributed by atoms with Crippen LogP contribution in [0.15, 0.2) is 42.7 Å². The SMILES string of the molecule is Fc1cc(I)ccc1-c1cccnc1. The lowest BCUT2D eigenvalue weighted by atomic mass is 10.1. The molecule has 1 aromatic heterocycles. The van der Waals surface area contributed by atoms with Crippen molar-refractivity contribution >= 4 is 22.6 Å². The second-order valence-electron chi connectivity index (χ2n) is 2.87. The maximum atomic E-state index is 13.5. The highest BCUT2D eigenvalue weighted by atomic mass is 127. The van der Waals surface area contributed by atoms with Crippen molar-refractivity contribution in [2.75, 3.05) is 0 Å². The summed E-state index contributed by atoms with van der Waals surface area (Å²) in [6, 6.07) is 8.81. The number of rotatable bonds is 1. The van der Waals surface area contributed by atoms with Crippen LogP contribution in [0.5, 0.6) is 0 Å². The van der Waals surface area contributed by atoms with E-state index in [1.807, 2.05) is 12.1 Å². The molecule has 14 heavy (non-hydrogen) atoms. The molecule has 0 amide bonds. The number of hydrogen-bond donors (Lipinski definition) is 0. The Bertz CT molecular complexity index is 442. The van der Waals surface area contributed by atoms with Gasteiger partial charge in [0, 0.05) is 27.1 Å². The molecule has 0 aliphatic carbocycles. The van der Waals surface area contributed by atoms with E-state index in [-0.39, 0.29) is 5.82 Å². The second-order valence-corrected chi connectivity index (χ2v) is 4.11. The first-order chi connectivity index (χ1) is 6.77. The van der Waals surface area contributed by atoms with Gasteiger partial charge < -0.3 is 0 Å². The van der Waals surface area contributed by atoms with Crippen LogP contribution in [0.2, 0.25) is 0 Å². The molecule has 0 saturated carbocycles. The van der Waals surface area contributed by atoms with Crippen LogP contribution in [-0.4, -0.2) is 4.98 Å². The molecule has 0 aliphatic heterocycles. The van der Waals surface area contributed by atoms with Crippen molar-refractivity contribution in [1.82, 2.24) is 4.98 Å². The molecule has 1 nitrogen and oxygen atoms in total. The number of hydrogen-bond acceptors (Lipinski definition) is 1. The first-order valence-corrected chi connectivity index (χ1v) is 5.21. The number of nitrogens with zero attached hydrogens (tertiary/aromatic N) is 1. The minimum atomic E-state index is -0.204. The minimum Gasteiger partial charge on any atom is -0.264 e. The molecule has 1 aromatic carbocycles. The highest BCUT2D eigenvalue weighted by Crippen LogP contribution is 2.22. The summed E-state index contributed by atoms with van der Waals surface area (Å²) in [5.74, 6) is -0.204. The van der Waals surface area contributed by atoms with E-state index in [1.165, 1.54) is 6.07 Å². The Morgan fingerprint density at radius 1 is 1.21 bits per heavy atom. The van der Waals surface area contributed by atoms with Gasteiger partial charge >= 0.3 is 0 Å². The van der Waals surface area contributed by atoms with E-state index in [9.17, 15) is 4.39 Å². The zero-order valence-electron chi connectivity index (χ0n) is 7.24. The highest BCUT2D eigenvalue weighted by molar-refractivity contribution is 14.1. The summed E-state index contributed by atoms with van der Waals surface area (Å²) < 4.78 is 14.4. The molecule has 0 atom stereocenters. The number of pyridine rings is 1. The third kappa shape index (κ3) is 1.92. The van der Waals surface area contributed by atoms with Crippen LogP contribution in [0.1, 0.15) is 0 Å². The van der Waals surface area contributed by atoms with Gasteiger partial charge in [-0.05, 0) is 40.8 Å². The summed E-state index contributed by atoms with van der Waals surface area (Å²) in [6.07, 6.45) is 3.33. The highest BCUT2D eigenvalue weighted by Gasteiger charge is 2.04. The van der Waals surface area contributed by atoms with Gasteiger partial charge in [0.05, 0.1) is 0 Å². The fraction of sp³-hybridized carbons (Fsp3) is 0. The van der Waals surface area contributed by atoms with Gasteiger partial charge in [0.15, 0.2) is 0 Å². The molecule has 1 heterocycles. The molecule has 0 bridgehead atoms. The first kappa shape index (κ1) is 9.58. The summed E-state index contributed by atoms with van der Waals surface area (Å²) in [5, 5.41) is 0. The molecule has 0 radical (unpaired) electrons. The zero-order valence-corrected chi connectivity index (χ0v) is 9.40. The fourth-order valence-electron chi connectivity index (χ4n) is 1.25. The Morgan fingerprint density at radius 2 is 2.07 bits per heavy atom. The van der Waals surface area contributed by atoms with E-state index in [0.717, 1.165) is 9.13 Å². The average Bonchev–Trinajstić information content (AvgIpc) is 2.19. The normalized spacial score (nSPS) is 10.1. The van der Waals surface area contributed by atoms with Gasteiger partial charge in [0.1, 0.15) is 5.82 Å². The largest absolute Gasteiger partial charge is 0.264 e. The summed E-state index contributed by atoms with van der Waals surface area (Å²) in [6.45, 7) is 0. The minimum absolute atomic E-state index is 0.204. The lowest BCUT2D eigenvalue weighted by Gasteiger charge is -2.02. The Morgan fingerprint density at radius 3 is 2.71 bits per heavy atom. The average molecular weight is 299 g/mol. The van der Waals surface area contributed by atoms with E-state index in [0.29, 0.717) is 5.56 Å². The summed E-state index contributed by atoms with van der Waals surface area (Å²) >= 11 is 2.09. The van der Waals surface area contributed by atoms with Crippen LogP contribution >= 0.6 is 22.6 Å². The molecule has 3 heteroatoms. The van der Waals surface area contributed by atoms with Crippen molar-refractivity contribution in [3.8, 4) is 11.1 Å². The third-order valence-electron chi connectivity index (χ3n) is 1.90. The summed E-state index contributed by atoms with van der Waals surface area (Å²) in [5.41, 5.74) is 1.40. The monoisotopic (exact) mass is 299 g/mol. The van der Waals surface area contributed by atoms with Crippen LogP contribution in [-0.2, 0) is 0 Å². The molecule has 0 unspecified atom stereocenters. The third-order valence-corrected chi connectivity index (χ3v) is 2.57. The Hall–Kier alpha value is -0.970. The zero-order chi connectivity index (χ0) is 9.97. The molecule has 0 saturated heterocycles. The lowest BCUT2D eigenvalue weighted by Crippen LogP contribution is -1.85. The fourth-order valence-corrected chi connectivity index (χ4v) is 1.70. The predicted octanol–water partition coefficient (Wildman–Crippen LogP) is 3.49. The number of benzene rings is 1. The van der Waals surface area contributed by atoms with E-state index in [4.69, 9.17) is 0 Å². The van der Waals surface area contributed by atoms with Crippen molar-refractivity contribution in [2.45, 2.75) is 0 Å². The van der Waals surface area contributed by atoms with Crippen molar-refractivity contribution < 1.29 is 4.39 Å². The van der Waals surface area contributed by atoms with Crippen molar-refractivity contribution in [2.24, 2.45) is 0 Å². The van der Waals surface area contributed by atoms with E-state index >= 15 is 0 Å². The molecule has 2 aromatic rings. The van der Waals surface area contributed by atoms with E-state index < -0.39 is 0 Å². The molecular formula is C11H7FIN. The molecular weight excluding hydrogens is 292 g/mol. The van der Waals surface area contributed by atoms with Crippen LogP contribution in [0.4, 0.5) is 4.39 Å². The predicted molar refractivity (Wildman–Crippen MR) is 62.3 cm³/mol. The molecule has 0 aliphatic rings. The lowest BCUT2D eigenvalue weighted by molar-refractivity contribution is 0.630. The first-order valence-electron chi connectivity index (χ1n) is 4.13. The van der Waals surface area contributed by atoms with Crippen LogP contribution in [0.25, 0.3) is 11.1 Å². The van der Waals surface area contributed by atoms with Gasteiger partial charge in [-0.3, -0.25) is 4.98 Å². The van der Waals surface area contributed by atoms with Crippen molar-refractivity contribution in [3.63, 3.8) is 0 Å². The number of halogens is 2. The van der Waals surface area contributed by atoms with Gasteiger partial charge in [0.25, 0.3) is 0 Å². The van der Waals surface area contributed by atoms with Gasteiger partial charge in [-0.2, -0.15) is 0 Å². The van der Waals surface area contributed by atoms with E-state index in [2.05, 4.69) is 27.6 Å². The Kier molecular flexibility index (Phi) is 2.77. The molecule has 0 fully saturated rings. The molecule has 2 rings (SSSR count). The van der Waals surface area contributed by atoms with Crippen molar-refractivity contribution in [3.05, 3.63) is 52.1 Å². The molecule has 0 N–H and O–H groups in total. The topological polar surface area (TPSA) is 12.9 Å². The van der Waals surface area contributed by atoms with Crippen LogP contribution < -0.4 is 0 Å². The number of aromatic nitrogens is 1. The second kappa shape index (κ2) is 4.04. The molecule has 70 valence electrons. The molecule has 0 spiro atoms. The van der Waals surface area contributed by atoms with Crippen molar-refractivity contribution in [1.29, 1.82) is 0 Å². The Labute approximate surface area is 95.1 Å². The van der Waals surface area contributed by atoms with E-state index in [1.54, 1.807) is 24.5 Å². The summed E-state index contributed by atoms with van der Waals surface area (Å²) in [4.78, 5) is 3.96. The maximum absolute atomic E-state index is 13.5. The quantitative estimate of drug-likeness (QED) is 0.735. The summed E-state index contributed by atoms with van der Waals surface area (Å²) in [7, 11) is 0. The van der Waals surface area contributed by atoms with Gasteiger partial charge in [-0.15, -0.1) is 0 Å². The smallest absolute Gasteiger partial charge is 0.132 e. The van der Waals surface area contributed by atoms with Crippen LogP contribution in [0.3, 0.4) is 0 Å². The maximum Gasteiger partial charge on any atom is 0.132 e. The van der Waals surface area contributed by atoms with Gasteiger partial charge in [0.2, 0.25) is 0 Å².